The topological polar surface area (TPSA) is 93.2 Å². The Morgan fingerprint density at radius 1 is 1.03 bits per heavy atom. The number of halogens is 3. The standard InChI is InChI=1S/C19H18F3N7O2/c20-19(21,22)15-6-7-16(17(12-15)29(30)31)27-10-8-26(9-11-27)13-28-24-18(23-25-28)14-4-2-1-3-5-14/h1-7,12H,8-11,13H2. The Bertz CT molecular complexity index is 1060. The summed E-state index contributed by atoms with van der Waals surface area (Å²) in [5.41, 5.74) is -0.544. The minimum absolute atomic E-state index is 0.183. The summed E-state index contributed by atoms with van der Waals surface area (Å²) in [6, 6.07) is 12.1. The molecule has 0 spiro atoms. The number of hydrogen-bond donors (Lipinski definition) is 0. The van der Waals surface area contributed by atoms with Crippen molar-refractivity contribution in [2.45, 2.75) is 12.8 Å². The molecule has 0 amide bonds. The largest absolute Gasteiger partial charge is 0.416 e. The number of anilines is 1. The lowest BCUT2D eigenvalue weighted by molar-refractivity contribution is -0.384. The van der Waals surface area contributed by atoms with Crippen LogP contribution in [0.25, 0.3) is 11.4 Å². The molecule has 0 radical (unpaired) electrons. The van der Waals surface area contributed by atoms with Gasteiger partial charge in [-0.05, 0) is 17.3 Å². The van der Waals surface area contributed by atoms with E-state index in [-0.39, 0.29) is 5.69 Å². The van der Waals surface area contributed by atoms with E-state index in [4.69, 9.17) is 0 Å². The monoisotopic (exact) mass is 433 g/mol. The lowest BCUT2D eigenvalue weighted by atomic mass is 10.1. The summed E-state index contributed by atoms with van der Waals surface area (Å²) in [4.78, 5) is 15.8. The first-order valence-corrected chi connectivity index (χ1v) is 9.47. The lowest BCUT2D eigenvalue weighted by Gasteiger charge is -2.35. The molecule has 12 heteroatoms. The van der Waals surface area contributed by atoms with E-state index in [0.717, 1.165) is 11.6 Å². The molecule has 1 aliphatic heterocycles. The first-order valence-electron chi connectivity index (χ1n) is 9.47. The van der Waals surface area contributed by atoms with Gasteiger partial charge in [-0.2, -0.15) is 13.2 Å². The van der Waals surface area contributed by atoms with Gasteiger partial charge in [0, 0.05) is 37.8 Å². The molecule has 0 atom stereocenters. The number of aromatic nitrogens is 4. The number of nitro benzene ring substituents is 1. The number of hydrogen-bond acceptors (Lipinski definition) is 7. The fourth-order valence-corrected chi connectivity index (χ4v) is 3.43. The average molecular weight is 433 g/mol. The zero-order valence-electron chi connectivity index (χ0n) is 16.2. The van der Waals surface area contributed by atoms with Crippen LogP contribution in [0.15, 0.2) is 48.5 Å². The van der Waals surface area contributed by atoms with E-state index >= 15 is 0 Å². The van der Waals surface area contributed by atoms with Crippen molar-refractivity contribution >= 4 is 11.4 Å². The second-order valence-corrected chi connectivity index (χ2v) is 7.06. The van der Waals surface area contributed by atoms with Crippen LogP contribution in [0.1, 0.15) is 5.56 Å². The average Bonchev–Trinajstić information content (AvgIpc) is 3.22. The molecule has 1 aromatic heterocycles. The third-order valence-corrected chi connectivity index (χ3v) is 5.02. The number of nitro groups is 1. The summed E-state index contributed by atoms with van der Waals surface area (Å²) in [5.74, 6) is 0.514. The second-order valence-electron chi connectivity index (χ2n) is 7.06. The quantitative estimate of drug-likeness (QED) is 0.451. The van der Waals surface area contributed by atoms with Gasteiger partial charge < -0.3 is 4.90 Å². The predicted octanol–water partition coefficient (Wildman–Crippen LogP) is 3.05. The molecule has 1 aliphatic rings. The van der Waals surface area contributed by atoms with Crippen LogP contribution in [-0.2, 0) is 12.8 Å². The fourth-order valence-electron chi connectivity index (χ4n) is 3.43. The Balaban J connectivity index is 1.41. The third kappa shape index (κ3) is 4.63. The van der Waals surface area contributed by atoms with Gasteiger partial charge in [-0.3, -0.25) is 15.0 Å². The van der Waals surface area contributed by atoms with E-state index < -0.39 is 22.4 Å². The highest BCUT2D eigenvalue weighted by Gasteiger charge is 2.34. The van der Waals surface area contributed by atoms with Crippen molar-refractivity contribution in [3.8, 4) is 11.4 Å². The SMILES string of the molecule is O=[N+]([O-])c1cc(C(F)(F)F)ccc1N1CCN(Cn2nnc(-c3ccccc3)n2)CC1. The number of piperazine rings is 1. The molecule has 1 fully saturated rings. The molecule has 3 aromatic rings. The van der Waals surface area contributed by atoms with Gasteiger partial charge >= 0.3 is 6.18 Å². The van der Waals surface area contributed by atoms with Gasteiger partial charge in [0.2, 0.25) is 5.82 Å². The Kier molecular flexibility index (Phi) is 5.55. The van der Waals surface area contributed by atoms with Crippen LogP contribution in [-0.4, -0.2) is 56.2 Å². The Labute approximate surface area is 174 Å². The smallest absolute Gasteiger partial charge is 0.363 e. The van der Waals surface area contributed by atoms with Crippen LogP contribution in [0.3, 0.4) is 0 Å². The zero-order valence-corrected chi connectivity index (χ0v) is 16.2. The predicted molar refractivity (Wildman–Crippen MR) is 105 cm³/mol. The molecule has 0 saturated carbocycles. The maximum Gasteiger partial charge on any atom is 0.416 e. The van der Waals surface area contributed by atoms with Crippen molar-refractivity contribution < 1.29 is 18.1 Å². The molecule has 2 aromatic carbocycles. The molecule has 31 heavy (non-hydrogen) atoms. The Hall–Kier alpha value is -3.54. The van der Waals surface area contributed by atoms with Crippen molar-refractivity contribution in [2.24, 2.45) is 0 Å². The highest BCUT2D eigenvalue weighted by Crippen LogP contribution is 2.36. The minimum Gasteiger partial charge on any atom is -0.363 e. The van der Waals surface area contributed by atoms with Crippen LogP contribution in [0.4, 0.5) is 24.5 Å². The van der Waals surface area contributed by atoms with E-state index in [9.17, 15) is 23.3 Å². The summed E-state index contributed by atoms with van der Waals surface area (Å²) in [5, 5.41) is 23.8. The summed E-state index contributed by atoms with van der Waals surface area (Å²) in [6.07, 6.45) is -4.63. The van der Waals surface area contributed by atoms with Gasteiger partial charge in [0.1, 0.15) is 12.4 Å². The number of rotatable bonds is 5. The highest BCUT2D eigenvalue weighted by atomic mass is 19.4. The second kappa shape index (κ2) is 8.30. The zero-order chi connectivity index (χ0) is 22.0. The normalized spacial score (nSPS) is 15.3. The minimum atomic E-state index is -4.63. The van der Waals surface area contributed by atoms with Crippen LogP contribution in [0, 0.1) is 10.1 Å². The molecule has 0 unspecified atom stereocenters. The van der Waals surface area contributed by atoms with Crippen molar-refractivity contribution in [3.05, 3.63) is 64.2 Å². The van der Waals surface area contributed by atoms with Gasteiger partial charge in [0.25, 0.3) is 5.69 Å². The molecule has 1 saturated heterocycles. The van der Waals surface area contributed by atoms with Crippen molar-refractivity contribution in [2.75, 3.05) is 31.1 Å². The van der Waals surface area contributed by atoms with Gasteiger partial charge in [0.05, 0.1) is 10.5 Å². The maximum absolute atomic E-state index is 12.9. The lowest BCUT2D eigenvalue weighted by Crippen LogP contribution is -2.47. The summed E-state index contributed by atoms with van der Waals surface area (Å²) >= 11 is 0. The van der Waals surface area contributed by atoms with E-state index in [2.05, 4.69) is 15.4 Å². The summed E-state index contributed by atoms with van der Waals surface area (Å²) < 4.78 is 38.7. The molecule has 162 valence electrons. The van der Waals surface area contributed by atoms with Crippen LogP contribution >= 0.6 is 0 Å². The number of nitrogens with zero attached hydrogens (tertiary/aromatic N) is 7. The number of tetrazole rings is 1. The van der Waals surface area contributed by atoms with Crippen LogP contribution < -0.4 is 4.90 Å². The molecular formula is C19H18F3N7O2. The number of alkyl halides is 3. The van der Waals surface area contributed by atoms with Crippen molar-refractivity contribution in [3.63, 3.8) is 0 Å². The van der Waals surface area contributed by atoms with Crippen LogP contribution in [0.5, 0.6) is 0 Å². The van der Waals surface area contributed by atoms with Gasteiger partial charge in [-0.25, -0.2) is 0 Å². The summed E-state index contributed by atoms with van der Waals surface area (Å²) in [6.45, 7) is 2.32. The van der Waals surface area contributed by atoms with Crippen molar-refractivity contribution in [1.82, 2.24) is 25.1 Å². The molecule has 2 heterocycles. The van der Waals surface area contributed by atoms with E-state index in [1.54, 1.807) is 4.90 Å². The first kappa shape index (κ1) is 20.7. The third-order valence-electron chi connectivity index (χ3n) is 5.02. The van der Waals surface area contributed by atoms with E-state index in [0.29, 0.717) is 44.7 Å². The molecule has 4 rings (SSSR count). The van der Waals surface area contributed by atoms with E-state index in [1.165, 1.54) is 10.9 Å². The Morgan fingerprint density at radius 2 is 1.74 bits per heavy atom. The molecule has 0 N–H and O–H groups in total. The molecule has 9 nitrogen and oxygen atoms in total. The fraction of sp³-hybridized carbons (Fsp3) is 0.316. The molecule has 0 bridgehead atoms. The number of benzene rings is 2. The van der Waals surface area contributed by atoms with Gasteiger partial charge in [-0.1, -0.05) is 30.3 Å². The first-order chi connectivity index (χ1) is 14.8. The van der Waals surface area contributed by atoms with E-state index in [1.807, 2.05) is 35.2 Å². The maximum atomic E-state index is 12.9. The van der Waals surface area contributed by atoms with Crippen molar-refractivity contribution in [1.29, 1.82) is 0 Å². The molecule has 0 aliphatic carbocycles. The van der Waals surface area contributed by atoms with Crippen LogP contribution in [0.2, 0.25) is 0 Å². The highest BCUT2D eigenvalue weighted by molar-refractivity contribution is 5.65. The Morgan fingerprint density at radius 3 is 2.39 bits per heavy atom. The summed E-state index contributed by atoms with van der Waals surface area (Å²) in [7, 11) is 0. The molecular weight excluding hydrogens is 415 g/mol. The van der Waals surface area contributed by atoms with Gasteiger partial charge in [0.15, 0.2) is 0 Å². The van der Waals surface area contributed by atoms with Gasteiger partial charge in [-0.15, -0.1) is 15.0 Å².